The third-order valence-electron chi connectivity index (χ3n) is 7.73. The first-order valence-corrected chi connectivity index (χ1v) is 12.2. The van der Waals surface area contributed by atoms with E-state index < -0.39 is 0 Å². The van der Waals surface area contributed by atoms with Gasteiger partial charge in [0.1, 0.15) is 0 Å². The Hall–Kier alpha value is -2.90. The molecular formula is C25H32N4O4. The Morgan fingerprint density at radius 3 is 1.88 bits per heavy atom. The van der Waals surface area contributed by atoms with E-state index in [1.54, 1.807) is 23.7 Å². The van der Waals surface area contributed by atoms with E-state index in [9.17, 15) is 19.2 Å². The predicted molar refractivity (Wildman–Crippen MR) is 125 cm³/mol. The Balaban J connectivity index is 1.18. The molecule has 1 saturated heterocycles. The molecule has 5 rings (SSSR count). The number of fused-ring (bicyclic) bond motifs is 1. The van der Waals surface area contributed by atoms with Crippen LogP contribution in [0.4, 0.5) is 0 Å². The van der Waals surface area contributed by atoms with Gasteiger partial charge in [-0.1, -0.05) is 12.1 Å². The highest BCUT2D eigenvalue weighted by Crippen LogP contribution is 2.33. The topological polar surface area (TPSA) is 84.6 Å². The molecule has 0 radical (unpaired) electrons. The van der Waals surface area contributed by atoms with Crippen molar-refractivity contribution in [1.29, 1.82) is 0 Å². The Labute approximate surface area is 192 Å². The fraction of sp³-hybridized carbons (Fsp3) is 0.600. The zero-order chi connectivity index (χ0) is 23.1. The third kappa shape index (κ3) is 4.23. The molecule has 0 bridgehead atoms. The second-order valence-electron chi connectivity index (χ2n) is 9.92. The molecule has 2 aromatic rings. The number of aryl methyl sites for hydroxylation is 1. The molecule has 1 aromatic carbocycles. The summed E-state index contributed by atoms with van der Waals surface area (Å²) in [7, 11) is 1.70. The first-order valence-electron chi connectivity index (χ1n) is 12.2. The predicted octanol–water partition coefficient (Wildman–Crippen LogP) is 1.59. The molecule has 1 aliphatic heterocycles. The lowest BCUT2D eigenvalue weighted by Gasteiger charge is -2.38. The Kier molecular flexibility index (Phi) is 5.85. The second kappa shape index (κ2) is 8.80. The highest BCUT2D eigenvalue weighted by Gasteiger charge is 2.36. The molecule has 8 nitrogen and oxygen atoms in total. The SMILES string of the molecule is Cn1c(=O)n(CC2CCC(C(=O)N3CCN(C(=O)C4CC4)CC3)CC2)c(=O)c2ccccc21. The summed E-state index contributed by atoms with van der Waals surface area (Å²) in [4.78, 5) is 54.9. The van der Waals surface area contributed by atoms with Gasteiger partial charge in [-0.25, -0.2) is 4.79 Å². The Morgan fingerprint density at radius 1 is 0.818 bits per heavy atom. The number of nitrogens with zero attached hydrogens (tertiary/aromatic N) is 4. The number of carbonyl (C=O) groups is 2. The molecular weight excluding hydrogens is 420 g/mol. The van der Waals surface area contributed by atoms with Crippen molar-refractivity contribution in [3.63, 3.8) is 0 Å². The van der Waals surface area contributed by atoms with Gasteiger partial charge in [0, 0.05) is 51.6 Å². The quantitative estimate of drug-likeness (QED) is 0.705. The number of benzene rings is 1. The van der Waals surface area contributed by atoms with E-state index in [4.69, 9.17) is 0 Å². The van der Waals surface area contributed by atoms with Crippen LogP contribution in [0, 0.1) is 17.8 Å². The average molecular weight is 453 g/mol. The molecule has 3 fully saturated rings. The standard InChI is InChI=1S/C25H32N4O4/c1-26-21-5-3-2-4-20(21)24(32)29(25(26)33)16-17-6-8-18(9-7-17)22(30)27-12-14-28(15-13-27)23(31)19-10-11-19/h2-5,17-19H,6-16H2,1H3. The number of amides is 2. The van der Waals surface area contributed by atoms with Crippen molar-refractivity contribution < 1.29 is 9.59 Å². The molecule has 8 heteroatoms. The molecule has 0 atom stereocenters. The zero-order valence-electron chi connectivity index (χ0n) is 19.2. The number of carbonyl (C=O) groups excluding carboxylic acids is 2. The summed E-state index contributed by atoms with van der Waals surface area (Å²) in [6, 6.07) is 7.20. The lowest BCUT2D eigenvalue weighted by molar-refractivity contribution is -0.143. The van der Waals surface area contributed by atoms with Crippen molar-refractivity contribution in [3.8, 4) is 0 Å². The van der Waals surface area contributed by atoms with E-state index in [-0.39, 0.29) is 40.8 Å². The van der Waals surface area contributed by atoms with Crippen LogP contribution in [-0.4, -0.2) is 56.9 Å². The fourth-order valence-corrected chi connectivity index (χ4v) is 5.47. The average Bonchev–Trinajstić information content (AvgIpc) is 3.70. The smallest absolute Gasteiger partial charge is 0.331 e. The number of rotatable bonds is 4. The van der Waals surface area contributed by atoms with E-state index in [2.05, 4.69) is 0 Å². The normalized spacial score (nSPS) is 23.7. The largest absolute Gasteiger partial charge is 0.339 e. The number of aromatic nitrogens is 2. The van der Waals surface area contributed by atoms with E-state index in [0.717, 1.165) is 38.5 Å². The van der Waals surface area contributed by atoms with Crippen LogP contribution >= 0.6 is 0 Å². The first kappa shape index (κ1) is 21.9. The van der Waals surface area contributed by atoms with Gasteiger partial charge in [0.2, 0.25) is 11.8 Å². The van der Waals surface area contributed by atoms with Crippen LogP contribution in [0.3, 0.4) is 0 Å². The Bertz CT molecular complexity index is 1180. The molecule has 2 saturated carbocycles. The van der Waals surface area contributed by atoms with Gasteiger partial charge in [-0.05, 0) is 56.6 Å². The molecule has 176 valence electrons. The molecule has 33 heavy (non-hydrogen) atoms. The van der Waals surface area contributed by atoms with Crippen LogP contribution in [0.25, 0.3) is 10.9 Å². The van der Waals surface area contributed by atoms with Gasteiger partial charge in [-0.3, -0.25) is 23.5 Å². The van der Waals surface area contributed by atoms with Gasteiger partial charge in [0.15, 0.2) is 0 Å². The van der Waals surface area contributed by atoms with Crippen molar-refractivity contribution >= 4 is 22.7 Å². The molecule has 2 amide bonds. The minimum Gasteiger partial charge on any atom is -0.339 e. The fourth-order valence-electron chi connectivity index (χ4n) is 5.47. The number of para-hydroxylation sites is 1. The van der Waals surface area contributed by atoms with E-state index in [0.29, 0.717) is 43.6 Å². The van der Waals surface area contributed by atoms with Crippen molar-refractivity contribution in [1.82, 2.24) is 18.9 Å². The van der Waals surface area contributed by atoms with E-state index in [1.807, 2.05) is 21.9 Å². The molecule has 3 aliphatic rings. The summed E-state index contributed by atoms with van der Waals surface area (Å²) >= 11 is 0. The lowest BCUT2D eigenvalue weighted by Crippen LogP contribution is -2.52. The number of hydrogen-bond donors (Lipinski definition) is 0. The van der Waals surface area contributed by atoms with Crippen molar-refractivity contribution in [2.45, 2.75) is 45.1 Å². The zero-order valence-corrected chi connectivity index (χ0v) is 19.2. The lowest BCUT2D eigenvalue weighted by atomic mass is 9.81. The van der Waals surface area contributed by atoms with Gasteiger partial charge in [0.05, 0.1) is 10.9 Å². The summed E-state index contributed by atoms with van der Waals surface area (Å²) < 4.78 is 2.91. The minimum atomic E-state index is -0.282. The van der Waals surface area contributed by atoms with Crippen LogP contribution in [0.5, 0.6) is 0 Å². The van der Waals surface area contributed by atoms with Crippen LogP contribution in [0.15, 0.2) is 33.9 Å². The summed E-state index contributed by atoms with van der Waals surface area (Å²) in [5.41, 5.74) is 0.137. The number of hydrogen-bond acceptors (Lipinski definition) is 4. The van der Waals surface area contributed by atoms with Crippen LogP contribution < -0.4 is 11.2 Å². The van der Waals surface area contributed by atoms with E-state index >= 15 is 0 Å². The van der Waals surface area contributed by atoms with Gasteiger partial charge in [0.25, 0.3) is 5.56 Å². The van der Waals surface area contributed by atoms with Gasteiger partial charge in [-0.15, -0.1) is 0 Å². The molecule has 0 spiro atoms. The summed E-state index contributed by atoms with van der Waals surface area (Å²) in [5.74, 6) is 0.912. The summed E-state index contributed by atoms with van der Waals surface area (Å²) in [5, 5.41) is 0.558. The van der Waals surface area contributed by atoms with Gasteiger partial charge < -0.3 is 9.80 Å². The first-order chi connectivity index (χ1) is 15.9. The summed E-state index contributed by atoms with van der Waals surface area (Å²) in [6.07, 6.45) is 5.26. The highest BCUT2D eigenvalue weighted by molar-refractivity contribution is 5.82. The maximum absolute atomic E-state index is 13.1. The minimum absolute atomic E-state index is 0.00286. The van der Waals surface area contributed by atoms with Crippen molar-refractivity contribution in [3.05, 3.63) is 45.1 Å². The van der Waals surface area contributed by atoms with Gasteiger partial charge >= 0.3 is 5.69 Å². The molecule has 1 aromatic heterocycles. The molecule has 2 aliphatic carbocycles. The maximum Gasteiger partial charge on any atom is 0.331 e. The number of piperazine rings is 1. The monoisotopic (exact) mass is 452 g/mol. The van der Waals surface area contributed by atoms with Crippen LogP contribution in [0.1, 0.15) is 38.5 Å². The maximum atomic E-state index is 13.1. The van der Waals surface area contributed by atoms with Crippen LogP contribution in [0.2, 0.25) is 0 Å². The van der Waals surface area contributed by atoms with Gasteiger partial charge in [-0.2, -0.15) is 0 Å². The highest BCUT2D eigenvalue weighted by atomic mass is 16.2. The Morgan fingerprint density at radius 2 is 1.33 bits per heavy atom. The molecule has 2 heterocycles. The second-order valence-corrected chi connectivity index (χ2v) is 9.92. The van der Waals surface area contributed by atoms with E-state index in [1.165, 1.54) is 4.57 Å². The molecule has 0 N–H and O–H groups in total. The van der Waals surface area contributed by atoms with Crippen LogP contribution in [-0.2, 0) is 23.2 Å². The van der Waals surface area contributed by atoms with Crippen molar-refractivity contribution in [2.24, 2.45) is 24.8 Å². The third-order valence-corrected chi connectivity index (χ3v) is 7.73. The van der Waals surface area contributed by atoms with Crippen molar-refractivity contribution in [2.75, 3.05) is 26.2 Å². The summed E-state index contributed by atoms with van der Waals surface area (Å²) in [6.45, 7) is 2.94. The molecule has 0 unspecified atom stereocenters.